The number of hydrogen-bond acceptors (Lipinski definition) is 3. The largest absolute Gasteiger partial charge is 0.381 e. The first-order valence-corrected chi connectivity index (χ1v) is 5.24. The van der Waals surface area contributed by atoms with Gasteiger partial charge in [-0.05, 0) is 12.1 Å². The van der Waals surface area contributed by atoms with Gasteiger partial charge in [-0.2, -0.15) is 5.10 Å². The lowest BCUT2D eigenvalue weighted by Crippen LogP contribution is -2.07. The SMILES string of the molecule is CN(C)c1ccc(-c2[nH]nc(N)c2Cl)cc1. The highest BCUT2D eigenvalue weighted by atomic mass is 35.5. The Hall–Kier alpha value is -1.68. The highest BCUT2D eigenvalue weighted by Crippen LogP contribution is 2.30. The second-order valence-corrected chi connectivity index (χ2v) is 4.12. The number of benzene rings is 1. The van der Waals surface area contributed by atoms with E-state index in [1.165, 1.54) is 0 Å². The van der Waals surface area contributed by atoms with Gasteiger partial charge in [-0.3, -0.25) is 5.10 Å². The summed E-state index contributed by atoms with van der Waals surface area (Å²) < 4.78 is 0. The number of anilines is 2. The molecule has 2 aromatic rings. The summed E-state index contributed by atoms with van der Waals surface area (Å²) in [5.74, 6) is 0.327. The van der Waals surface area contributed by atoms with E-state index in [1.54, 1.807) is 0 Å². The molecule has 3 N–H and O–H groups in total. The van der Waals surface area contributed by atoms with Crippen LogP contribution in [0.1, 0.15) is 0 Å². The Kier molecular flexibility index (Phi) is 2.75. The van der Waals surface area contributed by atoms with Crippen LogP contribution in [0.2, 0.25) is 5.02 Å². The van der Waals surface area contributed by atoms with Crippen molar-refractivity contribution in [2.75, 3.05) is 24.7 Å². The Morgan fingerprint density at radius 1 is 1.25 bits per heavy atom. The summed E-state index contributed by atoms with van der Waals surface area (Å²) in [6, 6.07) is 7.99. The summed E-state index contributed by atoms with van der Waals surface area (Å²) in [7, 11) is 3.99. The van der Waals surface area contributed by atoms with Gasteiger partial charge in [0.1, 0.15) is 5.02 Å². The monoisotopic (exact) mass is 236 g/mol. The van der Waals surface area contributed by atoms with E-state index in [2.05, 4.69) is 10.2 Å². The van der Waals surface area contributed by atoms with Crippen molar-refractivity contribution >= 4 is 23.1 Å². The van der Waals surface area contributed by atoms with Gasteiger partial charge in [-0.25, -0.2) is 0 Å². The summed E-state index contributed by atoms with van der Waals surface area (Å²) in [6.45, 7) is 0. The van der Waals surface area contributed by atoms with Crippen molar-refractivity contribution in [3.8, 4) is 11.3 Å². The van der Waals surface area contributed by atoms with Crippen LogP contribution in [0.4, 0.5) is 11.5 Å². The number of nitrogens with two attached hydrogens (primary N) is 1. The number of rotatable bonds is 2. The fourth-order valence-corrected chi connectivity index (χ4v) is 1.65. The summed E-state index contributed by atoms with van der Waals surface area (Å²) in [5, 5.41) is 7.15. The van der Waals surface area contributed by atoms with E-state index >= 15 is 0 Å². The van der Waals surface area contributed by atoms with E-state index < -0.39 is 0 Å². The fraction of sp³-hybridized carbons (Fsp3) is 0.182. The zero-order chi connectivity index (χ0) is 11.7. The first kappa shape index (κ1) is 10.8. The first-order valence-electron chi connectivity index (χ1n) is 4.86. The fourth-order valence-electron chi connectivity index (χ4n) is 1.46. The lowest BCUT2D eigenvalue weighted by Gasteiger charge is -2.12. The van der Waals surface area contributed by atoms with Crippen molar-refractivity contribution in [2.24, 2.45) is 0 Å². The summed E-state index contributed by atoms with van der Waals surface area (Å²) >= 11 is 6.02. The maximum atomic E-state index is 6.02. The molecule has 0 amide bonds. The number of nitrogen functional groups attached to an aromatic ring is 1. The standard InChI is InChI=1S/C11H13ClN4/c1-16(2)8-5-3-7(4-6-8)10-9(12)11(13)15-14-10/h3-6H,1-2H3,(H3,13,14,15). The molecule has 0 unspecified atom stereocenters. The second-order valence-electron chi connectivity index (χ2n) is 3.74. The number of nitrogens with one attached hydrogen (secondary N) is 1. The van der Waals surface area contributed by atoms with Crippen molar-refractivity contribution in [3.63, 3.8) is 0 Å². The predicted octanol–water partition coefficient (Wildman–Crippen LogP) is 2.38. The molecule has 4 nitrogen and oxygen atoms in total. The van der Waals surface area contributed by atoms with Gasteiger partial charge in [0.05, 0.1) is 5.69 Å². The summed E-state index contributed by atoms with van der Waals surface area (Å²) in [4.78, 5) is 2.03. The molecule has 5 heteroatoms. The number of nitrogens with zero attached hydrogens (tertiary/aromatic N) is 2. The van der Waals surface area contributed by atoms with Crippen LogP contribution in [0.15, 0.2) is 24.3 Å². The normalized spacial score (nSPS) is 10.4. The molecule has 16 heavy (non-hydrogen) atoms. The van der Waals surface area contributed by atoms with E-state index in [0.717, 1.165) is 16.9 Å². The first-order chi connectivity index (χ1) is 7.59. The molecule has 1 aromatic heterocycles. The van der Waals surface area contributed by atoms with Crippen molar-refractivity contribution < 1.29 is 0 Å². The van der Waals surface area contributed by atoms with E-state index in [9.17, 15) is 0 Å². The van der Waals surface area contributed by atoms with E-state index in [4.69, 9.17) is 17.3 Å². The molecular weight excluding hydrogens is 224 g/mol. The molecule has 0 saturated heterocycles. The maximum absolute atomic E-state index is 6.02. The van der Waals surface area contributed by atoms with E-state index in [1.807, 2.05) is 43.3 Å². The predicted molar refractivity (Wildman–Crippen MR) is 67.8 cm³/mol. The van der Waals surface area contributed by atoms with Crippen LogP contribution in [0, 0.1) is 0 Å². The zero-order valence-electron chi connectivity index (χ0n) is 9.16. The second kappa shape index (κ2) is 4.06. The molecule has 0 radical (unpaired) electrons. The molecule has 0 bridgehead atoms. The Morgan fingerprint density at radius 3 is 2.31 bits per heavy atom. The summed E-state index contributed by atoms with van der Waals surface area (Å²) in [6.07, 6.45) is 0. The van der Waals surface area contributed by atoms with Crippen molar-refractivity contribution in [2.45, 2.75) is 0 Å². The van der Waals surface area contributed by atoms with Gasteiger partial charge in [0.25, 0.3) is 0 Å². The molecule has 0 aliphatic carbocycles. The summed E-state index contributed by atoms with van der Waals surface area (Å²) in [5.41, 5.74) is 8.43. The lowest BCUT2D eigenvalue weighted by molar-refractivity contribution is 1.10. The molecule has 84 valence electrons. The maximum Gasteiger partial charge on any atom is 0.164 e. The Labute approximate surface area is 99.0 Å². The number of halogens is 1. The molecular formula is C11H13ClN4. The quantitative estimate of drug-likeness (QED) is 0.842. The van der Waals surface area contributed by atoms with Gasteiger partial charge in [0, 0.05) is 25.3 Å². The average molecular weight is 237 g/mol. The van der Waals surface area contributed by atoms with E-state index in [-0.39, 0.29) is 0 Å². The molecule has 0 atom stereocenters. The van der Waals surface area contributed by atoms with Gasteiger partial charge in [0.2, 0.25) is 0 Å². The highest BCUT2D eigenvalue weighted by Gasteiger charge is 2.09. The van der Waals surface area contributed by atoms with Crippen molar-refractivity contribution in [1.29, 1.82) is 0 Å². The van der Waals surface area contributed by atoms with Crippen LogP contribution in [-0.4, -0.2) is 24.3 Å². The lowest BCUT2D eigenvalue weighted by atomic mass is 10.1. The van der Waals surface area contributed by atoms with Crippen LogP contribution in [0.5, 0.6) is 0 Å². The number of aromatic amines is 1. The number of aromatic nitrogens is 2. The number of H-pyrrole nitrogens is 1. The highest BCUT2D eigenvalue weighted by molar-refractivity contribution is 6.35. The number of hydrogen-bond donors (Lipinski definition) is 2. The molecule has 1 aromatic carbocycles. The molecule has 2 rings (SSSR count). The van der Waals surface area contributed by atoms with Gasteiger partial charge in [-0.1, -0.05) is 23.7 Å². The molecule has 0 aliphatic rings. The smallest absolute Gasteiger partial charge is 0.164 e. The Bertz CT molecular complexity index is 487. The third kappa shape index (κ3) is 1.84. The third-order valence-corrected chi connectivity index (χ3v) is 2.79. The minimum Gasteiger partial charge on any atom is -0.381 e. The van der Waals surface area contributed by atoms with Crippen LogP contribution in [-0.2, 0) is 0 Å². The minimum atomic E-state index is 0.327. The molecule has 0 spiro atoms. The third-order valence-electron chi connectivity index (χ3n) is 2.40. The topological polar surface area (TPSA) is 57.9 Å². The molecule has 0 fully saturated rings. The van der Waals surface area contributed by atoms with Gasteiger partial charge in [0.15, 0.2) is 5.82 Å². The van der Waals surface area contributed by atoms with Crippen LogP contribution in [0.25, 0.3) is 11.3 Å². The minimum absolute atomic E-state index is 0.327. The molecule has 0 aliphatic heterocycles. The van der Waals surface area contributed by atoms with E-state index in [0.29, 0.717) is 10.8 Å². The zero-order valence-corrected chi connectivity index (χ0v) is 9.92. The average Bonchev–Trinajstić information content (AvgIpc) is 2.60. The van der Waals surface area contributed by atoms with Crippen LogP contribution < -0.4 is 10.6 Å². The Balaban J connectivity index is 2.38. The van der Waals surface area contributed by atoms with Gasteiger partial charge >= 0.3 is 0 Å². The van der Waals surface area contributed by atoms with Gasteiger partial charge < -0.3 is 10.6 Å². The molecule has 1 heterocycles. The van der Waals surface area contributed by atoms with Crippen LogP contribution in [0.3, 0.4) is 0 Å². The molecule has 0 saturated carbocycles. The van der Waals surface area contributed by atoms with Crippen LogP contribution >= 0.6 is 11.6 Å². The van der Waals surface area contributed by atoms with Crippen molar-refractivity contribution in [1.82, 2.24) is 10.2 Å². The van der Waals surface area contributed by atoms with Crippen molar-refractivity contribution in [3.05, 3.63) is 29.3 Å². The Morgan fingerprint density at radius 2 is 1.88 bits per heavy atom. The van der Waals surface area contributed by atoms with Gasteiger partial charge in [-0.15, -0.1) is 0 Å².